The van der Waals surface area contributed by atoms with E-state index in [0.717, 1.165) is 17.1 Å². The van der Waals surface area contributed by atoms with Crippen LogP contribution in [0.5, 0.6) is 0 Å². The van der Waals surface area contributed by atoms with Crippen molar-refractivity contribution < 1.29 is 0 Å². The number of nitrogens with zero attached hydrogens (tertiary/aromatic N) is 1. The summed E-state index contributed by atoms with van der Waals surface area (Å²) in [6.45, 7) is 0. The van der Waals surface area contributed by atoms with E-state index in [2.05, 4.69) is 205 Å². The predicted octanol–water partition coefficient (Wildman–Crippen LogP) is 14.8. The Labute approximate surface area is 307 Å². The SMILES string of the molecule is c1ccc(-c2ccc(N(c3ccc(-c4ccc5c6ccccc6c6ccccc6c5c4)cc3)c3ccc(-c4cc5ccccc5s4)cc3)cc2)cc1. The van der Waals surface area contributed by atoms with E-state index in [1.165, 1.54) is 75.1 Å². The maximum atomic E-state index is 2.37. The van der Waals surface area contributed by atoms with Crippen molar-refractivity contribution in [1.29, 1.82) is 0 Å². The zero-order valence-corrected chi connectivity index (χ0v) is 29.2. The molecule has 0 aliphatic heterocycles. The van der Waals surface area contributed by atoms with E-state index in [1.807, 2.05) is 11.3 Å². The summed E-state index contributed by atoms with van der Waals surface area (Å²) in [7, 11) is 0. The zero-order chi connectivity index (χ0) is 34.4. The molecule has 0 unspecified atom stereocenters. The molecule has 0 spiro atoms. The van der Waals surface area contributed by atoms with Gasteiger partial charge in [-0.25, -0.2) is 0 Å². The number of hydrogen-bond acceptors (Lipinski definition) is 2. The largest absolute Gasteiger partial charge is 0.311 e. The Morgan fingerprint density at radius 2 is 0.712 bits per heavy atom. The molecule has 1 aromatic heterocycles. The van der Waals surface area contributed by atoms with Gasteiger partial charge in [-0.05, 0) is 120 Å². The van der Waals surface area contributed by atoms with Crippen molar-refractivity contribution in [1.82, 2.24) is 0 Å². The van der Waals surface area contributed by atoms with Crippen molar-refractivity contribution in [3.8, 4) is 32.7 Å². The number of thiophene rings is 1. The first-order chi connectivity index (χ1) is 25.8. The van der Waals surface area contributed by atoms with Crippen molar-refractivity contribution in [2.45, 2.75) is 0 Å². The highest BCUT2D eigenvalue weighted by molar-refractivity contribution is 7.22. The summed E-state index contributed by atoms with van der Waals surface area (Å²) in [4.78, 5) is 3.64. The summed E-state index contributed by atoms with van der Waals surface area (Å²) < 4.78 is 1.31. The van der Waals surface area contributed by atoms with E-state index in [0.29, 0.717) is 0 Å². The fourth-order valence-electron chi connectivity index (χ4n) is 7.67. The summed E-state index contributed by atoms with van der Waals surface area (Å²) in [6, 6.07) is 72.9. The normalized spacial score (nSPS) is 11.5. The molecule has 0 bridgehead atoms. The third-order valence-electron chi connectivity index (χ3n) is 10.3. The van der Waals surface area contributed by atoms with Gasteiger partial charge in [-0.3, -0.25) is 0 Å². The fourth-order valence-corrected chi connectivity index (χ4v) is 8.74. The third-order valence-corrected chi connectivity index (χ3v) is 11.4. The molecule has 0 radical (unpaired) electrons. The monoisotopic (exact) mass is 679 g/mol. The lowest BCUT2D eigenvalue weighted by atomic mass is 9.92. The summed E-state index contributed by atoms with van der Waals surface area (Å²) in [5.74, 6) is 0. The number of rotatable bonds is 6. The summed E-state index contributed by atoms with van der Waals surface area (Å²) >= 11 is 1.84. The van der Waals surface area contributed by atoms with E-state index in [-0.39, 0.29) is 0 Å². The second kappa shape index (κ2) is 12.7. The van der Waals surface area contributed by atoms with Crippen LogP contribution < -0.4 is 4.90 Å². The first-order valence-corrected chi connectivity index (χ1v) is 18.6. The van der Waals surface area contributed by atoms with Crippen molar-refractivity contribution in [3.05, 3.63) is 200 Å². The molecule has 244 valence electrons. The van der Waals surface area contributed by atoms with Crippen molar-refractivity contribution in [2.24, 2.45) is 0 Å². The molecular weight excluding hydrogens is 647 g/mol. The number of anilines is 3. The van der Waals surface area contributed by atoms with Gasteiger partial charge in [0.25, 0.3) is 0 Å². The van der Waals surface area contributed by atoms with Gasteiger partial charge in [0.1, 0.15) is 0 Å². The molecule has 0 atom stereocenters. The minimum Gasteiger partial charge on any atom is -0.311 e. The molecule has 10 rings (SSSR count). The van der Waals surface area contributed by atoms with E-state index in [1.54, 1.807) is 0 Å². The average molecular weight is 680 g/mol. The molecule has 0 N–H and O–H groups in total. The first kappa shape index (κ1) is 30.4. The maximum Gasteiger partial charge on any atom is 0.0462 e. The second-order valence-electron chi connectivity index (χ2n) is 13.3. The topological polar surface area (TPSA) is 3.24 Å². The maximum absolute atomic E-state index is 2.37. The van der Waals surface area contributed by atoms with Crippen LogP contribution >= 0.6 is 11.3 Å². The minimum atomic E-state index is 1.11. The molecule has 0 amide bonds. The molecule has 2 heteroatoms. The molecule has 10 aromatic rings. The molecule has 1 heterocycles. The van der Waals surface area contributed by atoms with E-state index in [9.17, 15) is 0 Å². The summed E-state index contributed by atoms with van der Waals surface area (Å²) in [6.07, 6.45) is 0. The van der Waals surface area contributed by atoms with Gasteiger partial charge >= 0.3 is 0 Å². The van der Waals surface area contributed by atoms with Gasteiger partial charge in [-0.1, -0.05) is 146 Å². The lowest BCUT2D eigenvalue weighted by Crippen LogP contribution is -2.09. The number of hydrogen-bond donors (Lipinski definition) is 0. The number of fused-ring (bicyclic) bond motifs is 7. The van der Waals surface area contributed by atoms with E-state index in [4.69, 9.17) is 0 Å². The van der Waals surface area contributed by atoms with Gasteiger partial charge in [-0.2, -0.15) is 0 Å². The highest BCUT2D eigenvalue weighted by Gasteiger charge is 2.15. The zero-order valence-electron chi connectivity index (χ0n) is 28.4. The van der Waals surface area contributed by atoms with Gasteiger partial charge in [0.05, 0.1) is 0 Å². The summed E-state index contributed by atoms with van der Waals surface area (Å²) in [5, 5.41) is 9.06. The fraction of sp³-hybridized carbons (Fsp3) is 0. The van der Waals surface area contributed by atoms with Crippen LogP contribution in [0.3, 0.4) is 0 Å². The Morgan fingerprint density at radius 1 is 0.288 bits per heavy atom. The molecule has 0 saturated heterocycles. The Morgan fingerprint density at radius 3 is 1.29 bits per heavy atom. The lowest BCUT2D eigenvalue weighted by molar-refractivity contribution is 1.28. The molecule has 0 saturated carbocycles. The third kappa shape index (κ3) is 5.33. The Bertz CT molecular complexity index is 2800. The molecular formula is C50H33NS. The lowest BCUT2D eigenvalue weighted by Gasteiger charge is -2.26. The second-order valence-corrected chi connectivity index (χ2v) is 14.4. The van der Waals surface area contributed by atoms with Gasteiger partial charge in [0.2, 0.25) is 0 Å². The smallest absolute Gasteiger partial charge is 0.0462 e. The highest BCUT2D eigenvalue weighted by atomic mass is 32.1. The minimum absolute atomic E-state index is 1.11. The van der Waals surface area contributed by atoms with Crippen LogP contribution in [0.4, 0.5) is 17.1 Å². The van der Waals surface area contributed by atoms with E-state index >= 15 is 0 Å². The quantitative estimate of drug-likeness (QED) is 0.158. The molecule has 1 nitrogen and oxygen atoms in total. The molecule has 9 aromatic carbocycles. The van der Waals surface area contributed by atoms with Gasteiger partial charge in [-0.15, -0.1) is 11.3 Å². The summed E-state index contributed by atoms with van der Waals surface area (Å²) in [5.41, 5.74) is 9.41. The molecule has 0 aliphatic rings. The Balaban J connectivity index is 1.04. The molecule has 0 aliphatic carbocycles. The Kier molecular flexibility index (Phi) is 7.41. The Hall–Kier alpha value is -6.48. The molecule has 0 fully saturated rings. The van der Waals surface area contributed by atoms with Crippen molar-refractivity contribution in [3.63, 3.8) is 0 Å². The van der Waals surface area contributed by atoms with Crippen LogP contribution in [-0.4, -0.2) is 0 Å². The standard InChI is InChI=1S/C50H33NS/c1-2-10-34(11-3-1)35-18-25-40(26-19-35)51(42-29-22-37(23-30-42)50-33-39-12-4-9-17-49(39)52-50)41-27-20-36(21-28-41)38-24-31-47-45-15-6-5-13-43(45)44-14-7-8-16-46(44)48(47)32-38/h1-33H. The van der Waals surface area contributed by atoms with Crippen molar-refractivity contribution >= 4 is 70.8 Å². The highest BCUT2D eigenvalue weighted by Crippen LogP contribution is 2.41. The molecule has 52 heavy (non-hydrogen) atoms. The first-order valence-electron chi connectivity index (χ1n) is 17.8. The van der Waals surface area contributed by atoms with Gasteiger partial charge < -0.3 is 4.90 Å². The average Bonchev–Trinajstić information content (AvgIpc) is 3.67. The van der Waals surface area contributed by atoms with Crippen LogP contribution in [0.2, 0.25) is 0 Å². The van der Waals surface area contributed by atoms with Gasteiger partial charge in [0, 0.05) is 26.6 Å². The van der Waals surface area contributed by atoms with Crippen LogP contribution in [0.1, 0.15) is 0 Å². The van der Waals surface area contributed by atoms with E-state index < -0.39 is 0 Å². The van der Waals surface area contributed by atoms with Crippen molar-refractivity contribution in [2.75, 3.05) is 4.90 Å². The van der Waals surface area contributed by atoms with Crippen LogP contribution in [0.15, 0.2) is 200 Å². The van der Waals surface area contributed by atoms with Crippen LogP contribution in [-0.2, 0) is 0 Å². The van der Waals surface area contributed by atoms with Crippen LogP contribution in [0.25, 0.3) is 75.1 Å². The van der Waals surface area contributed by atoms with Crippen LogP contribution in [0, 0.1) is 0 Å². The van der Waals surface area contributed by atoms with Gasteiger partial charge in [0.15, 0.2) is 0 Å². The predicted molar refractivity (Wildman–Crippen MR) is 225 cm³/mol. The number of benzene rings is 9.